The molecule has 0 radical (unpaired) electrons. The Hall–Kier alpha value is -1.36. The zero-order valence-corrected chi connectivity index (χ0v) is 9.29. The predicted molar refractivity (Wildman–Crippen MR) is 60.7 cm³/mol. The zero-order valence-electron chi connectivity index (χ0n) is 8.47. The highest BCUT2D eigenvalue weighted by atomic mass is 32.1. The van der Waals surface area contributed by atoms with Gasteiger partial charge in [-0.05, 0) is 12.8 Å². The SMILES string of the molecule is Cn1ncc(N)c1-c1csc(C2CC2)n1. The van der Waals surface area contributed by atoms with E-state index in [9.17, 15) is 0 Å². The third kappa shape index (κ3) is 1.43. The third-order valence-electron chi connectivity index (χ3n) is 2.66. The van der Waals surface area contributed by atoms with E-state index in [0.29, 0.717) is 11.6 Å². The van der Waals surface area contributed by atoms with Gasteiger partial charge in [0.2, 0.25) is 0 Å². The van der Waals surface area contributed by atoms with Gasteiger partial charge in [0.1, 0.15) is 11.4 Å². The smallest absolute Gasteiger partial charge is 0.110 e. The summed E-state index contributed by atoms with van der Waals surface area (Å²) < 4.78 is 1.78. The molecule has 0 atom stereocenters. The summed E-state index contributed by atoms with van der Waals surface area (Å²) >= 11 is 1.73. The average Bonchev–Trinajstić information content (AvgIpc) is 2.87. The van der Waals surface area contributed by atoms with Crippen LogP contribution < -0.4 is 5.73 Å². The molecule has 1 aliphatic carbocycles. The van der Waals surface area contributed by atoms with Gasteiger partial charge in [0.25, 0.3) is 0 Å². The monoisotopic (exact) mass is 220 g/mol. The second kappa shape index (κ2) is 3.06. The van der Waals surface area contributed by atoms with Gasteiger partial charge in [0.05, 0.1) is 16.9 Å². The number of hydrogen-bond donors (Lipinski definition) is 1. The topological polar surface area (TPSA) is 56.7 Å². The second-order valence-electron chi connectivity index (χ2n) is 3.92. The number of hydrogen-bond acceptors (Lipinski definition) is 4. The largest absolute Gasteiger partial charge is 0.396 e. The summed E-state index contributed by atoms with van der Waals surface area (Å²) in [4.78, 5) is 4.61. The highest BCUT2D eigenvalue weighted by Gasteiger charge is 2.27. The molecule has 2 heterocycles. The predicted octanol–water partition coefficient (Wildman–Crippen LogP) is 2.00. The normalized spacial score (nSPS) is 15.8. The van der Waals surface area contributed by atoms with Crippen LogP contribution in [0.5, 0.6) is 0 Å². The van der Waals surface area contributed by atoms with E-state index in [1.807, 2.05) is 7.05 Å². The number of anilines is 1. The Bertz CT molecular complexity index is 476. The van der Waals surface area contributed by atoms with Gasteiger partial charge in [-0.2, -0.15) is 5.10 Å². The summed E-state index contributed by atoms with van der Waals surface area (Å²) in [5.41, 5.74) is 8.44. The molecule has 0 aliphatic heterocycles. The molecule has 15 heavy (non-hydrogen) atoms. The summed E-state index contributed by atoms with van der Waals surface area (Å²) in [7, 11) is 1.89. The molecule has 0 bridgehead atoms. The van der Waals surface area contributed by atoms with Crippen LogP contribution in [-0.2, 0) is 7.05 Å². The molecule has 2 aromatic rings. The van der Waals surface area contributed by atoms with Gasteiger partial charge in [-0.15, -0.1) is 11.3 Å². The van der Waals surface area contributed by atoms with Crippen molar-refractivity contribution in [1.29, 1.82) is 0 Å². The van der Waals surface area contributed by atoms with Crippen molar-refractivity contribution in [3.63, 3.8) is 0 Å². The third-order valence-corrected chi connectivity index (χ3v) is 3.67. The Labute approximate surface area is 91.7 Å². The molecule has 2 N–H and O–H groups in total. The second-order valence-corrected chi connectivity index (χ2v) is 4.81. The minimum atomic E-state index is 0.699. The fraction of sp³-hybridized carbons (Fsp3) is 0.400. The van der Waals surface area contributed by atoms with E-state index in [4.69, 9.17) is 5.73 Å². The number of rotatable bonds is 2. The van der Waals surface area contributed by atoms with Gasteiger partial charge < -0.3 is 5.73 Å². The summed E-state index contributed by atoms with van der Waals surface area (Å²) in [6.45, 7) is 0. The zero-order chi connectivity index (χ0) is 10.4. The van der Waals surface area contributed by atoms with E-state index in [-0.39, 0.29) is 0 Å². The Morgan fingerprint density at radius 1 is 1.53 bits per heavy atom. The standard InChI is InChI=1S/C10H12N4S/c1-14-9(7(11)4-12-14)8-5-15-10(13-8)6-2-3-6/h4-6H,2-3,11H2,1H3. The van der Waals surface area contributed by atoms with E-state index in [2.05, 4.69) is 15.5 Å². The highest BCUT2D eigenvalue weighted by molar-refractivity contribution is 7.10. The molecule has 3 rings (SSSR count). The minimum absolute atomic E-state index is 0.699. The van der Waals surface area contributed by atoms with E-state index < -0.39 is 0 Å². The summed E-state index contributed by atoms with van der Waals surface area (Å²) in [6.07, 6.45) is 4.24. The van der Waals surface area contributed by atoms with Crippen LogP contribution >= 0.6 is 11.3 Å². The molecule has 1 saturated carbocycles. The fourth-order valence-electron chi connectivity index (χ4n) is 1.68. The molecular formula is C10H12N4S. The Morgan fingerprint density at radius 3 is 2.93 bits per heavy atom. The maximum atomic E-state index is 5.86. The van der Waals surface area contributed by atoms with Crippen LogP contribution in [0.2, 0.25) is 0 Å². The number of nitrogen functional groups attached to an aromatic ring is 1. The van der Waals surface area contributed by atoms with Crippen molar-refractivity contribution in [2.75, 3.05) is 5.73 Å². The first-order valence-corrected chi connectivity index (χ1v) is 5.87. The van der Waals surface area contributed by atoms with Gasteiger partial charge in [-0.25, -0.2) is 4.98 Å². The Morgan fingerprint density at radius 2 is 2.33 bits per heavy atom. The molecule has 1 fully saturated rings. The number of thiazole rings is 1. The van der Waals surface area contributed by atoms with Crippen molar-refractivity contribution >= 4 is 17.0 Å². The van der Waals surface area contributed by atoms with Gasteiger partial charge >= 0.3 is 0 Å². The Kier molecular flexibility index (Phi) is 1.82. The highest BCUT2D eigenvalue weighted by Crippen LogP contribution is 2.42. The fourth-order valence-corrected chi connectivity index (χ4v) is 2.66. The van der Waals surface area contributed by atoms with Crippen molar-refractivity contribution in [1.82, 2.24) is 14.8 Å². The lowest BCUT2D eigenvalue weighted by Gasteiger charge is -1.98. The number of aryl methyl sites for hydroxylation is 1. The number of aromatic nitrogens is 3. The van der Waals surface area contributed by atoms with Crippen molar-refractivity contribution < 1.29 is 0 Å². The van der Waals surface area contributed by atoms with Gasteiger partial charge in [-0.1, -0.05) is 0 Å². The van der Waals surface area contributed by atoms with Crippen LogP contribution in [0, 0.1) is 0 Å². The van der Waals surface area contributed by atoms with Crippen molar-refractivity contribution in [2.24, 2.45) is 7.05 Å². The van der Waals surface area contributed by atoms with Crippen molar-refractivity contribution in [3.05, 3.63) is 16.6 Å². The molecule has 5 heteroatoms. The van der Waals surface area contributed by atoms with E-state index in [1.165, 1.54) is 17.8 Å². The molecule has 0 spiro atoms. The first-order chi connectivity index (χ1) is 7.25. The van der Waals surface area contributed by atoms with Crippen molar-refractivity contribution in [2.45, 2.75) is 18.8 Å². The molecule has 4 nitrogen and oxygen atoms in total. The summed E-state index contributed by atoms with van der Waals surface area (Å²) in [5.74, 6) is 0.707. The Balaban J connectivity index is 2.04. The average molecular weight is 220 g/mol. The maximum Gasteiger partial charge on any atom is 0.110 e. The molecular weight excluding hydrogens is 208 g/mol. The van der Waals surface area contributed by atoms with Crippen LogP contribution in [0.4, 0.5) is 5.69 Å². The van der Waals surface area contributed by atoms with Gasteiger partial charge in [-0.3, -0.25) is 4.68 Å². The molecule has 0 saturated heterocycles. The van der Waals surface area contributed by atoms with Crippen LogP contribution in [0.15, 0.2) is 11.6 Å². The quantitative estimate of drug-likeness (QED) is 0.842. The molecule has 78 valence electrons. The van der Waals surface area contributed by atoms with E-state index >= 15 is 0 Å². The van der Waals surface area contributed by atoms with Crippen LogP contribution in [0.25, 0.3) is 11.4 Å². The molecule has 1 aliphatic rings. The minimum Gasteiger partial charge on any atom is -0.396 e. The van der Waals surface area contributed by atoms with E-state index in [0.717, 1.165) is 11.4 Å². The summed E-state index contributed by atoms with van der Waals surface area (Å²) in [6, 6.07) is 0. The lowest BCUT2D eigenvalue weighted by atomic mass is 10.3. The molecule has 0 aromatic carbocycles. The van der Waals surface area contributed by atoms with Gasteiger partial charge in [0.15, 0.2) is 0 Å². The lowest BCUT2D eigenvalue weighted by Crippen LogP contribution is -1.96. The first kappa shape index (κ1) is 8.91. The van der Waals surface area contributed by atoms with Crippen LogP contribution in [0.1, 0.15) is 23.8 Å². The van der Waals surface area contributed by atoms with Crippen LogP contribution in [-0.4, -0.2) is 14.8 Å². The molecule has 2 aromatic heterocycles. The first-order valence-electron chi connectivity index (χ1n) is 4.99. The molecule has 0 unspecified atom stereocenters. The number of nitrogens with zero attached hydrogens (tertiary/aromatic N) is 3. The maximum absolute atomic E-state index is 5.86. The molecule has 0 amide bonds. The van der Waals surface area contributed by atoms with Crippen molar-refractivity contribution in [3.8, 4) is 11.4 Å². The number of nitrogens with two attached hydrogens (primary N) is 1. The lowest BCUT2D eigenvalue weighted by molar-refractivity contribution is 0.773. The van der Waals surface area contributed by atoms with Crippen LogP contribution in [0.3, 0.4) is 0 Å². The van der Waals surface area contributed by atoms with E-state index in [1.54, 1.807) is 22.2 Å². The summed E-state index contributed by atoms with van der Waals surface area (Å²) in [5, 5.41) is 7.43. The van der Waals surface area contributed by atoms with Gasteiger partial charge in [0, 0.05) is 18.3 Å².